The quantitative estimate of drug-likeness (QED) is 0.829. The minimum Gasteiger partial charge on any atom is -0.480 e. The molecule has 0 radical (unpaired) electrons. The van der Waals surface area contributed by atoms with Gasteiger partial charge in [-0.1, -0.05) is 13.8 Å². The van der Waals surface area contributed by atoms with Gasteiger partial charge in [0.15, 0.2) is 0 Å². The normalized spacial score (nSPS) is 18.8. The Morgan fingerprint density at radius 2 is 2.14 bits per heavy atom. The van der Waals surface area contributed by atoms with Crippen molar-refractivity contribution in [2.24, 2.45) is 11.8 Å². The Morgan fingerprint density at radius 3 is 2.73 bits per heavy atom. The third-order valence-corrected chi connectivity index (χ3v) is 3.99. The lowest BCUT2D eigenvalue weighted by Crippen LogP contribution is -2.27. The van der Waals surface area contributed by atoms with Crippen molar-refractivity contribution in [1.82, 2.24) is 14.9 Å². The van der Waals surface area contributed by atoms with Gasteiger partial charge in [0.25, 0.3) is 0 Å². The summed E-state index contributed by atoms with van der Waals surface area (Å²) in [5.74, 6) is 1.13. The van der Waals surface area contributed by atoms with Crippen LogP contribution in [0, 0.1) is 11.8 Å². The first kappa shape index (κ1) is 16.7. The van der Waals surface area contributed by atoms with Crippen LogP contribution in [0.15, 0.2) is 12.4 Å². The summed E-state index contributed by atoms with van der Waals surface area (Å²) >= 11 is 0. The van der Waals surface area contributed by atoms with E-state index in [1.165, 1.54) is 17.7 Å². The van der Waals surface area contributed by atoms with Crippen molar-refractivity contribution in [1.29, 1.82) is 0 Å². The van der Waals surface area contributed by atoms with E-state index < -0.39 is 5.97 Å². The molecule has 0 bridgehead atoms. The smallest absolute Gasteiger partial charge is 0.323 e. The zero-order valence-corrected chi connectivity index (χ0v) is 13.7. The number of likely N-dealkylation sites (N-methyl/N-ethyl adjacent to an activating group) is 1. The van der Waals surface area contributed by atoms with Crippen LogP contribution in [0.5, 0.6) is 0 Å². The number of hydrogen-bond acceptors (Lipinski definition) is 5. The molecule has 1 aromatic heterocycles. The van der Waals surface area contributed by atoms with E-state index in [1.54, 1.807) is 19.4 Å². The van der Waals surface area contributed by atoms with Gasteiger partial charge in [0.1, 0.15) is 6.54 Å². The monoisotopic (exact) mass is 306 g/mol. The average molecular weight is 306 g/mol. The maximum absolute atomic E-state index is 10.7. The molecule has 1 fully saturated rings. The molecule has 1 saturated heterocycles. The molecule has 6 nitrogen and oxygen atoms in total. The summed E-state index contributed by atoms with van der Waals surface area (Å²) in [7, 11) is 1.68. The molecule has 0 spiro atoms. The number of aliphatic carboxylic acids is 1. The minimum atomic E-state index is -0.886. The lowest BCUT2D eigenvalue weighted by atomic mass is 9.97. The highest BCUT2D eigenvalue weighted by atomic mass is 16.4. The summed E-state index contributed by atoms with van der Waals surface area (Å²) in [5, 5.41) is 8.77. The summed E-state index contributed by atoms with van der Waals surface area (Å²) in [5.41, 5.74) is 1.08. The van der Waals surface area contributed by atoms with Crippen LogP contribution in [0.2, 0.25) is 0 Å². The van der Waals surface area contributed by atoms with Gasteiger partial charge < -0.3 is 10.0 Å². The largest absolute Gasteiger partial charge is 0.480 e. The van der Waals surface area contributed by atoms with E-state index >= 15 is 0 Å². The summed E-state index contributed by atoms with van der Waals surface area (Å²) in [4.78, 5) is 23.2. The first-order valence-corrected chi connectivity index (χ1v) is 7.90. The van der Waals surface area contributed by atoms with Crippen molar-refractivity contribution in [3.8, 4) is 0 Å². The van der Waals surface area contributed by atoms with Gasteiger partial charge in [0.05, 0.1) is 0 Å². The first-order valence-electron chi connectivity index (χ1n) is 7.90. The number of likely N-dealkylation sites (tertiary alicyclic amines) is 1. The SMILES string of the molecule is CC(C)CC1CCN(Cc2cnc(N(C)CC(=O)O)nc2)C1. The van der Waals surface area contributed by atoms with E-state index in [2.05, 4.69) is 28.7 Å². The van der Waals surface area contributed by atoms with Gasteiger partial charge >= 0.3 is 5.97 Å². The molecule has 0 saturated carbocycles. The third kappa shape index (κ3) is 4.94. The molecule has 22 heavy (non-hydrogen) atoms. The zero-order valence-electron chi connectivity index (χ0n) is 13.7. The molecule has 1 atom stereocenters. The zero-order chi connectivity index (χ0) is 16.1. The van der Waals surface area contributed by atoms with Gasteiger partial charge in [0, 0.05) is 38.1 Å². The second-order valence-electron chi connectivity index (χ2n) is 6.66. The van der Waals surface area contributed by atoms with E-state index in [-0.39, 0.29) is 6.54 Å². The number of anilines is 1. The highest BCUT2D eigenvalue weighted by Crippen LogP contribution is 2.24. The Balaban J connectivity index is 1.85. The van der Waals surface area contributed by atoms with Gasteiger partial charge in [-0.3, -0.25) is 9.69 Å². The van der Waals surface area contributed by atoms with Crippen molar-refractivity contribution < 1.29 is 9.90 Å². The topological polar surface area (TPSA) is 69.6 Å². The molecule has 1 N–H and O–H groups in total. The molecule has 1 unspecified atom stereocenters. The predicted molar refractivity (Wildman–Crippen MR) is 85.8 cm³/mol. The third-order valence-electron chi connectivity index (χ3n) is 3.99. The van der Waals surface area contributed by atoms with Crippen LogP contribution in [0.4, 0.5) is 5.95 Å². The Kier molecular flexibility index (Phi) is 5.71. The number of carboxylic acids is 1. The maximum atomic E-state index is 10.7. The Bertz CT molecular complexity index is 489. The average Bonchev–Trinajstić information content (AvgIpc) is 2.85. The molecule has 122 valence electrons. The molecule has 1 aliphatic heterocycles. The molecule has 1 aromatic rings. The van der Waals surface area contributed by atoms with Gasteiger partial charge in [-0.2, -0.15) is 0 Å². The van der Waals surface area contributed by atoms with E-state index in [1.807, 2.05) is 0 Å². The van der Waals surface area contributed by atoms with E-state index in [0.717, 1.165) is 37.0 Å². The van der Waals surface area contributed by atoms with Crippen molar-refractivity contribution in [2.45, 2.75) is 33.2 Å². The van der Waals surface area contributed by atoms with Crippen LogP contribution in [0.3, 0.4) is 0 Å². The molecule has 2 heterocycles. The number of nitrogens with zero attached hydrogens (tertiary/aromatic N) is 4. The van der Waals surface area contributed by atoms with Gasteiger partial charge in [0.2, 0.25) is 5.95 Å². The molecule has 0 aromatic carbocycles. The van der Waals surface area contributed by atoms with Gasteiger partial charge in [-0.25, -0.2) is 9.97 Å². The van der Waals surface area contributed by atoms with E-state index in [4.69, 9.17) is 5.11 Å². The van der Waals surface area contributed by atoms with Crippen molar-refractivity contribution >= 4 is 11.9 Å². The van der Waals surface area contributed by atoms with Crippen LogP contribution in [-0.2, 0) is 11.3 Å². The molecular formula is C16H26N4O2. The fourth-order valence-electron chi connectivity index (χ4n) is 3.07. The molecule has 0 aliphatic carbocycles. The second-order valence-corrected chi connectivity index (χ2v) is 6.66. The van der Waals surface area contributed by atoms with Crippen LogP contribution in [0.1, 0.15) is 32.3 Å². The highest BCUT2D eigenvalue weighted by molar-refractivity contribution is 5.72. The van der Waals surface area contributed by atoms with E-state index in [9.17, 15) is 4.79 Å². The second kappa shape index (κ2) is 7.54. The molecule has 0 amide bonds. The molecule has 6 heteroatoms. The number of aromatic nitrogens is 2. The summed E-state index contributed by atoms with van der Waals surface area (Å²) in [6, 6.07) is 0. The van der Waals surface area contributed by atoms with Gasteiger partial charge in [-0.15, -0.1) is 0 Å². The van der Waals surface area contributed by atoms with Crippen molar-refractivity contribution in [2.75, 3.05) is 31.6 Å². The van der Waals surface area contributed by atoms with E-state index in [0.29, 0.717) is 5.95 Å². The summed E-state index contributed by atoms with van der Waals surface area (Å²) < 4.78 is 0. The van der Waals surface area contributed by atoms with Crippen LogP contribution >= 0.6 is 0 Å². The predicted octanol–water partition coefficient (Wildman–Crippen LogP) is 1.87. The molecule has 1 aliphatic rings. The standard InChI is InChI=1S/C16H26N4O2/c1-12(2)6-13-4-5-20(9-13)10-14-7-17-16(18-8-14)19(3)11-15(21)22/h7-8,12-13H,4-6,9-11H2,1-3H3,(H,21,22). The lowest BCUT2D eigenvalue weighted by molar-refractivity contribution is -0.135. The summed E-state index contributed by atoms with van der Waals surface area (Å²) in [6.07, 6.45) is 6.18. The molecular weight excluding hydrogens is 280 g/mol. The fraction of sp³-hybridized carbons (Fsp3) is 0.688. The Hall–Kier alpha value is -1.69. The minimum absolute atomic E-state index is 0.0949. The highest BCUT2D eigenvalue weighted by Gasteiger charge is 2.23. The lowest BCUT2D eigenvalue weighted by Gasteiger charge is -2.18. The van der Waals surface area contributed by atoms with Crippen LogP contribution in [0.25, 0.3) is 0 Å². The maximum Gasteiger partial charge on any atom is 0.323 e. The fourth-order valence-corrected chi connectivity index (χ4v) is 3.07. The number of carbonyl (C=O) groups is 1. The Labute approximate surface area is 132 Å². The van der Waals surface area contributed by atoms with Crippen molar-refractivity contribution in [3.63, 3.8) is 0 Å². The first-order chi connectivity index (χ1) is 10.4. The van der Waals surface area contributed by atoms with Gasteiger partial charge in [-0.05, 0) is 31.2 Å². The summed E-state index contributed by atoms with van der Waals surface area (Å²) in [6.45, 7) is 7.63. The number of hydrogen-bond donors (Lipinski definition) is 1. The number of rotatable bonds is 7. The molecule has 2 rings (SSSR count). The van der Waals surface area contributed by atoms with Crippen molar-refractivity contribution in [3.05, 3.63) is 18.0 Å². The van der Waals surface area contributed by atoms with Crippen LogP contribution in [-0.4, -0.2) is 52.6 Å². The Morgan fingerprint density at radius 1 is 1.45 bits per heavy atom. The van der Waals surface area contributed by atoms with Crippen LogP contribution < -0.4 is 4.90 Å². The number of carboxylic acid groups (broad SMARTS) is 1.